The summed E-state index contributed by atoms with van der Waals surface area (Å²) in [5.41, 5.74) is 0. The summed E-state index contributed by atoms with van der Waals surface area (Å²) < 4.78 is 0. The maximum absolute atomic E-state index is 9.00. The lowest BCUT2D eigenvalue weighted by Gasteiger charge is -1.59. The van der Waals surface area contributed by atoms with Gasteiger partial charge in [-0.3, -0.25) is 9.59 Å². The van der Waals surface area contributed by atoms with Crippen molar-refractivity contribution >= 4 is 11.9 Å². The molecule has 0 aromatic rings. The fraction of sp³-hybridized carbons (Fsp3) is 0.833. The maximum Gasteiger partial charge on any atom is 0.300 e. The summed E-state index contributed by atoms with van der Waals surface area (Å²) >= 11 is 0. The molecule has 0 aliphatic rings. The van der Waals surface area contributed by atoms with Gasteiger partial charge in [-0.2, -0.15) is 0 Å². The first-order valence-corrected chi connectivity index (χ1v) is 5.43. The van der Waals surface area contributed by atoms with Crippen molar-refractivity contribution < 1.29 is 66.1 Å². The van der Waals surface area contributed by atoms with E-state index in [2.05, 4.69) is 0 Å². The van der Waals surface area contributed by atoms with Crippen LogP contribution in [0.15, 0.2) is 0 Å². The average molecular weight is 394 g/mol. The van der Waals surface area contributed by atoms with Crippen molar-refractivity contribution in [2.75, 3.05) is 56.9 Å². The molecule has 0 aliphatic carbocycles. The molecule has 0 unspecified atom stereocenters. The number of aliphatic carboxylic acids is 2. The van der Waals surface area contributed by atoms with Crippen LogP contribution in [0.4, 0.5) is 0 Å². The summed E-state index contributed by atoms with van der Waals surface area (Å²) in [6.07, 6.45) is 0. The van der Waals surface area contributed by atoms with E-state index in [-0.39, 0.29) is 5.48 Å². The molecule has 0 aliphatic heterocycles. The van der Waals surface area contributed by atoms with Gasteiger partial charge in [-0.15, -0.1) is 0 Å². The third-order valence-corrected chi connectivity index (χ3v) is 0. The number of aliphatic hydroxyl groups is 8. The lowest BCUT2D eigenvalue weighted by molar-refractivity contribution is -0.135. The summed E-state index contributed by atoms with van der Waals surface area (Å²) in [7, 11) is 8.00. The summed E-state index contributed by atoms with van der Waals surface area (Å²) in [6.45, 7) is 2.17. The van der Waals surface area contributed by atoms with Gasteiger partial charge in [0, 0.05) is 70.7 Å². The monoisotopic (exact) mass is 394 g/mol. The van der Waals surface area contributed by atoms with Gasteiger partial charge in [-0.1, -0.05) is 0 Å². The Balaban J connectivity index is -0.00000000986. The Kier molecular flexibility index (Phi) is 1520. The zero-order valence-corrected chi connectivity index (χ0v) is 16.8. The van der Waals surface area contributed by atoms with Crippen molar-refractivity contribution in [3.05, 3.63) is 0 Å². The molecule has 0 radical (unpaired) electrons. The van der Waals surface area contributed by atoms with Crippen LogP contribution in [-0.2, 0) is 9.59 Å². The molecule has 168 valence electrons. The van der Waals surface area contributed by atoms with Gasteiger partial charge in [0.15, 0.2) is 0 Å². The predicted octanol–water partition coefficient (Wildman–Crippen LogP) is -3.77. The lowest BCUT2D eigenvalue weighted by Crippen LogP contribution is -1.78. The standard InChI is InChI=1S/2C2H4O2.8CH4O.H2O/c2*1-2(3)4;8*1-2;/h2*1H3,(H,3,4);8*2H,1H3;1H2. The molecule has 0 atom stereocenters. The highest BCUT2D eigenvalue weighted by molar-refractivity contribution is 5.63. The maximum atomic E-state index is 9.00. The normalized spacial score (nSPS) is 3.92. The zero-order chi connectivity index (χ0) is 23.2. The second-order valence-electron chi connectivity index (χ2n) is 1.04. The van der Waals surface area contributed by atoms with Crippen LogP contribution in [0, 0.1) is 0 Å². The SMILES string of the molecule is CC(=O)O.CC(=O)O.CO.CO.CO.CO.CO.CO.CO.CO.O. The van der Waals surface area contributed by atoms with Gasteiger partial charge in [0.1, 0.15) is 0 Å². The van der Waals surface area contributed by atoms with Crippen LogP contribution in [0.25, 0.3) is 0 Å². The molecule has 0 fully saturated rings. The van der Waals surface area contributed by atoms with Crippen LogP contribution in [0.5, 0.6) is 0 Å². The first kappa shape index (κ1) is 76.0. The molecule has 13 heteroatoms. The Morgan fingerprint density at radius 2 is 0.400 bits per heavy atom. The van der Waals surface area contributed by atoms with Crippen molar-refractivity contribution in [3.8, 4) is 0 Å². The summed E-state index contributed by atoms with van der Waals surface area (Å²) in [6, 6.07) is 0. The van der Waals surface area contributed by atoms with E-state index in [1.807, 2.05) is 0 Å². The predicted molar refractivity (Wildman–Crippen MR) is 95.4 cm³/mol. The van der Waals surface area contributed by atoms with E-state index < -0.39 is 11.9 Å². The number of hydrogen-bond acceptors (Lipinski definition) is 10. The largest absolute Gasteiger partial charge is 0.481 e. The van der Waals surface area contributed by atoms with E-state index in [9.17, 15) is 0 Å². The minimum atomic E-state index is -0.833. The van der Waals surface area contributed by atoms with Crippen LogP contribution < -0.4 is 0 Å². The summed E-state index contributed by atoms with van der Waals surface area (Å²) in [5, 5.41) is 70.8. The van der Waals surface area contributed by atoms with Gasteiger partial charge in [0.2, 0.25) is 0 Å². The van der Waals surface area contributed by atoms with E-state index in [1.165, 1.54) is 0 Å². The van der Waals surface area contributed by atoms with Gasteiger partial charge in [-0.25, -0.2) is 0 Å². The molecular weight excluding hydrogens is 352 g/mol. The third kappa shape index (κ3) is 4740. The highest BCUT2D eigenvalue weighted by Crippen LogP contribution is 1.42. The van der Waals surface area contributed by atoms with Crippen molar-refractivity contribution in [2.24, 2.45) is 0 Å². The fourth-order valence-electron chi connectivity index (χ4n) is 0. The number of rotatable bonds is 0. The number of carboxylic acids is 2. The van der Waals surface area contributed by atoms with Gasteiger partial charge in [0.25, 0.3) is 11.9 Å². The Morgan fingerprint density at radius 3 is 0.400 bits per heavy atom. The van der Waals surface area contributed by atoms with Crippen molar-refractivity contribution in [1.29, 1.82) is 0 Å². The van der Waals surface area contributed by atoms with E-state index in [4.69, 9.17) is 60.7 Å². The van der Waals surface area contributed by atoms with E-state index >= 15 is 0 Å². The second kappa shape index (κ2) is 501. The van der Waals surface area contributed by atoms with Gasteiger partial charge in [0.05, 0.1) is 0 Å². The molecule has 0 rings (SSSR count). The second-order valence-corrected chi connectivity index (χ2v) is 1.04. The molecule has 0 heterocycles. The molecule has 0 saturated heterocycles. The molecule has 13 nitrogen and oxygen atoms in total. The minimum Gasteiger partial charge on any atom is -0.481 e. The highest BCUT2D eigenvalue weighted by Gasteiger charge is 1.65. The Labute approximate surface area is 150 Å². The Bertz CT molecular complexity index is 83.0. The van der Waals surface area contributed by atoms with Gasteiger partial charge < -0.3 is 56.5 Å². The lowest BCUT2D eigenvalue weighted by atomic mass is 10.9. The van der Waals surface area contributed by atoms with Crippen LogP contribution in [-0.4, -0.2) is 125 Å². The Hall–Kier alpha value is -1.42. The first-order chi connectivity index (χ1) is 11.5. The quantitative estimate of drug-likeness (QED) is 0.189. The fourth-order valence-corrected chi connectivity index (χ4v) is 0. The molecule has 0 saturated carbocycles. The Morgan fingerprint density at radius 1 is 0.400 bits per heavy atom. The topological polar surface area (TPSA) is 268 Å². The zero-order valence-electron chi connectivity index (χ0n) is 16.8. The van der Waals surface area contributed by atoms with Crippen molar-refractivity contribution in [2.45, 2.75) is 13.8 Å². The smallest absolute Gasteiger partial charge is 0.300 e. The van der Waals surface area contributed by atoms with Crippen molar-refractivity contribution in [1.82, 2.24) is 0 Å². The summed E-state index contributed by atoms with van der Waals surface area (Å²) in [4.78, 5) is 18.0. The van der Waals surface area contributed by atoms with Gasteiger partial charge >= 0.3 is 0 Å². The average Bonchev–Trinajstić information content (AvgIpc) is 2.67. The van der Waals surface area contributed by atoms with E-state index in [0.717, 1.165) is 70.7 Å². The van der Waals surface area contributed by atoms with Crippen LogP contribution in [0.3, 0.4) is 0 Å². The molecule has 0 spiro atoms. The first-order valence-electron chi connectivity index (χ1n) is 5.43. The highest BCUT2D eigenvalue weighted by atomic mass is 16.4. The number of hydrogen-bond donors (Lipinski definition) is 10. The summed E-state index contributed by atoms with van der Waals surface area (Å²) in [5.74, 6) is -1.67. The van der Waals surface area contributed by atoms with Gasteiger partial charge in [-0.05, 0) is 0 Å². The third-order valence-electron chi connectivity index (χ3n) is 0. The molecule has 0 bridgehead atoms. The molecule has 0 amide bonds. The molecule has 0 aromatic heterocycles. The van der Waals surface area contributed by atoms with Crippen LogP contribution in [0.1, 0.15) is 13.8 Å². The number of aliphatic hydroxyl groups excluding tert-OH is 8. The van der Waals surface area contributed by atoms with Crippen LogP contribution >= 0.6 is 0 Å². The molecule has 25 heavy (non-hydrogen) atoms. The molecule has 0 aromatic carbocycles. The van der Waals surface area contributed by atoms with Crippen LogP contribution in [0.2, 0.25) is 0 Å². The minimum absolute atomic E-state index is 0. The number of carbonyl (C=O) groups is 2. The number of carboxylic acid groups (broad SMARTS) is 2. The molecule has 12 N–H and O–H groups in total. The van der Waals surface area contributed by atoms with Crippen molar-refractivity contribution in [3.63, 3.8) is 0 Å². The van der Waals surface area contributed by atoms with E-state index in [1.54, 1.807) is 0 Å². The van der Waals surface area contributed by atoms with E-state index in [0.29, 0.717) is 0 Å². The molecular formula is C12H42O13.